The minimum absolute atomic E-state index is 0.0380. The summed E-state index contributed by atoms with van der Waals surface area (Å²) in [5, 5.41) is 15.5. The van der Waals surface area contributed by atoms with Crippen LogP contribution in [0.5, 0.6) is 0 Å². The summed E-state index contributed by atoms with van der Waals surface area (Å²) in [5.41, 5.74) is 14.1. The van der Waals surface area contributed by atoms with Crippen LogP contribution in [0.2, 0.25) is 0 Å². The molecule has 6 N–H and O–H groups in total. The second-order valence-electron chi connectivity index (χ2n) is 16.4. The summed E-state index contributed by atoms with van der Waals surface area (Å²) in [6, 6.07) is 23.9. The number of fused-ring (bicyclic) bond motifs is 4. The fourth-order valence-corrected chi connectivity index (χ4v) is 10.7. The van der Waals surface area contributed by atoms with Gasteiger partial charge in [0.1, 0.15) is 11.0 Å². The standard InChI is InChI=1S/C46H54N6O4S/c1-29(24-47-25-30-10-4-2-5-11-30)28-57(56)52-46(55)50-43-38-16-8-15-33(38)21-35-22-36(23-40(35)43)37-19-18-34-20-32-14-9-17-39(32)44(42(34)37)51-45(54)49-41(53)27-48-26-31-12-6-3-7-13-31/h2-7,10-13,20-21,29,36-37,47-48H,8-9,14-19,22-28H2,1H3,(H2,50,52,55)(H2,49,51,53,54). The summed E-state index contributed by atoms with van der Waals surface area (Å²) < 4.78 is 15.8. The summed E-state index contributed by atoms with van der Waals surface area (Å²) in [5.74, 6) is 0.641. The van der Waals surface area contributed by atoms with Crippen molar-refractivity contribution in [3.8, 4) is 0 Å². The van der Waals surface area contributed by atoms with Crippen LogP contribution in [0.15, 0.2) is 72.8 Å². The second-order valence-corrected chi connectivity index (χ2v) is 17.6. The Balaban J connectivity index is 0.926. The molecule has 4 aliphatic rings. The lowest BCUT2D eigenvalue weighted by Gasteiger charge is -2.24. The molecule has 57 heavy (non-hydrogen) atoms. The van der Waals surface area contributed by atoms with Crippen molar-refractivity contribution in [2.45, 2.75) is 90.1 Å². The molecule has 4 aromatic rings. The van der Waals surface area contributed by atoms with Crippen molar-refractivity contribution in [1.29, 1.82) is 0 Å². The Morgan fingerprint density at radius 1 is 0.702 bits per heavy atom. The van der Waals surface area contributed by atoms with Crippen molar-refractivity contribution >= 4 is 40.3 Å². The molecule has 4 aliphatic carbocycles. The van der Waals surface area contributed by atoms with E-state index in [9.17, 15) is 18.6 Å². The molecule has 0 spiro atoms. The van der Waals surface area contributed by atoms with E-state index in [-0.39, 0.29) is 24.3 Å². The molecular weight excluding hydrogens is 733 g/mol. The van der Waals surface area contributed by atoms with Gasteiger partial charge in [-0.1, -0.05) is 79.7 Å². The lowest BCUT2D eigenvalue weighted by Crippen LogP contribution is -2.40. The Bertz CT molecular complexity index is 2160. The number of urea groups is 2. The van der Waals surface area contributed by atoms with Crippen LogP contribution < -0.4 is 31.3 Å². The van der Waals surface area contributed by atoms with E-state index in [1.807, 2.05) is 55.5 Å². The first kappa shape index (κ1) is 39.0. The molecule has 0 radical (unpaired) electrons. The van der Waals surface area contributed by atoms with Crippen molar-refractivity contribution in [3.05, 3.63) is 128 Å². The third-order valence-electron chi connectivity index (χ3n) is 12.2. The first-order valence-corrected chi connectivity index (χ1v) is 22.0. The van der Waals surface area contributed by atoms with Gasteiger partial charge in [0, 0.05) is 30.2 Å². The average molecular weight is 787 g/mol. The highest BCUT2D eigenvalue weighted by Crippen LogP contribution is 2.51. The van der Waals surface area contributed by atoms with Crippen LogP contribution in [-0.2, 0) is 73.8 Å². The van der Waals surface area contributed by atoms with Crippen LogP contribution in [-0.4, -0.2) is 41.0 Å². The number of hydrogen-bond donors (Lipinski definition) is 6. The van der Waals surface area contributed by atoms with Gasteiger partial charge in [0.25, 0.3) is 0 Å². The summed E-state index contributed by atoms with van der Waals surface area (Å²) in [6.07, 6.45) is 9.59. The van der Waals surface area contributed by atoms with Crippen LogP contribution >= 0.6 is 0 Å². The second kappa shape index (κ2) is 17.7. The highest BCUT2D eigenvalue weighted by Gasteiger charge is 2.39. The third-order valence-corrected chi connectivity index (χ3v) is 13.5. The molecule has 0 saturated carbocycles. The Hall–Kier alpha value is -4.84. The van der Waals surface area contributed by atoms with E-state index in [1.54, 1.807) is 0 Å². The van der Waals surface area contributed by atoms with Gasteiger partial charge in [-0.25, -0.2) is 13.8 Å². The Kier molecular flexibility index (Phi) is 12.1. The molecule has 0 aliphatic heterocycles. The largest absolute Gasteiger partial charge is 0.331 e. The summed E-state index contributed by atoms with van der Waals surface area (Å²) in [4.78, 5) is 39.7. The number of hydrogen-bond acceptors (Lipinski definition) is 6. The molecule has 0 fully saturated rings. The van der Waals surface area contributed by atoms with Crippen molar-refractivity contribution in [2.75, 3.05) is 29.5 Å². The Morgan fingerprint density at radius 3 is 2.04 bits per heavy atom. The molecule has 4 atom stereocenters. The molecule has 0 saturated heterocycles. The van der Waals surface area contributed by atoms with Crippen LogP contribution in [0.3, 0.4) is 0 Å². The van der Waals surface area contributed by atoms with E-state index < -0.39 is 23.0 Å². The third kappa shape index (κ3) is 9.16. The van der Waals surface area contributed by atoms with E-state index >= 15 is 0 Å². The number of nitrogens with one attached hydrogen (secondary N) is 6. The summed E-state index contributed by atoms with van der Waals surface area (Å²) in [6.45, 7) is 4.06. The zero-order valence-electron chi connectivity index (χ0n) is 32.8. The predicted molar refractivity (Wildman–Crippen MR) is 227 cm³/mol. The number of carbonyl (C=O) groups is 3. The number of amides is 5. The lowest BCUT2D eigenvalue weighted by atomic mass is 9.83. The zero-order valence-corrected chi connectivity index (χ0v) is 33.6. The number of rotatable bonds is 14. The minimum Gasteiger partial charge on any atom is -0.312 e. The molecule has 0 bridgehead atoms. The van der Waals surface area contributed by atoms with Crippen molar-refractivity contribution in [3.63, 3.8) is 0 Å². The fourth-order valence-electron chi connectivity index (χ4n) is 9.73. The van der Waals surface area contributed by atoms with Gasteiger partial charge in [0.2, 0.25) is 5.91 Å². The van der Waals surface area contributed by atoms with Crippen LogP contribution in [0.1, 0.15) is 87.7 Å². The van der Waals surface area contributed by atoms with E-state index in [4.69, 9.17) is 0 Å². The van der Waals surface area contributed by atoms with Crippen LogP contribution in [0.25, 0.3) is 0 Å². The Labute approximate surface area is 338 Å². The van der Waals surface area contributed by atoms with Gasteiger partial charge in [0.05, 0.1) is 6.54 Å². The predicted octanol–water partition coefficient (Wildman–Crippen LogP) is 6.76. The minimum atomic E-state index is -1.52. The van der Waals surface area contributed by atoms with Gasteiger partial charge < -0.3 is 21.3 Å². The molecule has 8 rings (SSSR count). The highest BCUT2D eigenvalue weighted by atomic mass is 32.2. The molecule has 5 amide bonds. The maximum atomic E-state index is 13.5. The number of aryl methyl sites for hydroxylation is 3. The van der Waals surface area contributed by atoms with Crippen molar-refractivity contribution in [1.82, 2.24) is 20.7 Å². The molecule has 0 aromatic heterocycles. The average Bonchev–Trinajstić information content (AvgIpc) is 4.02. The maximum Gasteiger partial charge on any atom is 0.331 e. The lowest BCUT2D eigenvalue weighted by molar-refractivity contribution is -0.119. The van der Waals surface area contributed by atoms with Gasteiger partial charge in [-0.2, -0.15) is 0 Å². The van der Waals surface area contributed by atoms with Crippen molar-refractivity contribution < 1.29 is 18.6 Å². The Morgan fingerprint density at radius 2 is 1.33 bits per heavy atom. The van der Waals surface area contributed by atoms with Gasteiger partial charge in [-0.05, 0) is 144 Å². The van der Waals surface area contributed by atoms with Gasteiger partial charge in [-0.3, -0.25) is 14.8 Å². The van der Waals surface area contributed by atoms with Crippen LogP contribution in [0, 0.1) is 11.8 Å². The first-order valence-electron chi connectivity index (χ1n) is 20.7. The molecule has 4 unspecified atom stereocenters. The highest BCUT2D eigenvalue weighted by molar-refractivity contribution is 7.83. The van der Waals surface area contributed by atoms with E-state index in [0.717, 1.165) is 87.7 Å². The normalized spacial score (nSPS) is 18.5. The quantitative estimate of drug-likeness (QED) is 0.0836. The fraction of sp³-hybridized carbons (Fsp3) is 0.413. The topological polar surface area (TPSA) is 140 Å². The van der Waals surface area contributed by atoms with Gasteiger partial charge >= 0.3 is 12.1 Å². The maximum absolute atomic E-state index is 13.5. The first-order chi connectivity index (χ1) is 27.8. The monoisotopic (exact) mass is 786 g/mol. The molecule has 298 valence electrons. The number of imide groups is 1. The molecule has 0 heterocycles. The van der Waals surface area contributed by atoms with Crippen molar-refractivity contribution in [2.24, 2.45) is 11.8 Å². The molecule has 11 heteroatoms. The number of carbonyl (C=O) groups excluding carboxylic acids is 3. The number of benzene rings is 4. The molecule has 4 aromatic carbocycles. The SMILES string of the molecule is CC(CNCc1ccccc1)CS(=O)NC(=O)Nc1c2c(cc3c1CC(C1CCc4cc5c(c(NC(=O)NC(=O)CNCc6ccccc6)c41)CCC5)C3)CCC2. The summed E-state index contributed by atoms with van der Waals surface area (Å²) in [7, 11) is -1.52. The molecular formula is C46H54N6O4S. The molecule has 10 nitrogen and oxygen atoms in total. The number of anilines is 2. The van der Waals surface area contributed by atoms with Gasteiger partial charge in [-0.15, -0.1) is 0 Å². The van der Waals surface area contributed by atoms with E-state index in [2.05, 4.69) is 55.6 Å². The smallest absolute Gasteiger partial charge is 0.312 e. The van der Waals surface area contributed by atoms with Crippen LogP contribution in [0.4, 0.5) is 21.0 Å². The van der Waals surface area contributed by atoms with Gasteiger partial charge in [0.15, 0.2) is 0 Å². The summed E-state index contributed by atoms with van der Waals surface area (Å²) >= 11 is 0. The zero-order chi connectivity index (χ0) is 39.3. The van der Waals surface area contributed by atoms with E-state index in [1.165, 1.54) is 50.1 Å². The van der Waals surface area contributed by atoms with E-state index in [0.29, 0.717) is 24.8 Å².